The minimum atomic E-state index is -4.78. The standard InChI is InChI=1S/C21H25F3N2O7S/c1-2-8-34-11-5-3-4-10(9-11)6-7-12-17(21(22,23)24)25-26-18(12)33-20-15(29)13(27)14(28)16(32-20)19(30)31/h3-5,9,13-16,20,27-29H,2,6-8H2,1H3,(H,25,26)(H,30,31)/t13-,14-,15+,16-,20-/m0/s1. The van der Waals surface area contributed by atoms with E-state index in [1.807, 2.05) is 30.2 Å². The molecule has 5 N–H and O–H groups in total. The smallest absolute Gasteiger partial charge is 0.433 e. The molecule has 1 aliphatic heterocycles. The van der Waals surface area contributed by atoms with Gasteiger partial charge >= 0.3 is 12.1 Å². The predicted molar refractivity (Wildman–Crippen MR) is 113 cm³/mol. The van der Waals surface area contributed by atoms with Gasteiger partial charge in [-0.3, -0.25) is 5.10 Å². The molecule has 0 amide bonds. The van der Waals surface area contributed by atoms with Gasteiger partial charge in [-0.15, -0.1) is 16.9 Å². The largest absolute Gasteiger partial charge is 0.479 e. The molecular formula is C21H25F3N2O7S. The van der Waals surface area contributed by atoms with Gasteiger partial charge in [0.1, 0.15) is 24.0 Å². The molecule has 1 aliphatic rings. The number of nitrogens with one attached hydrogen (secondary N) is 1. The van der Waals surface area contributed by atoms with Gasteiger partial charge in [0.15, 0.2) is 6.10 Å². The highest BCUT2D eigenvalue weighted by Crippen LogP contribution is 2.36. The van der Waals surface area contributed by atoms with Gasteiger partial charge in [-0.25, -0.2) is 4.79 Å². The van der Waals surface area contributed by atoms with E-state index in [9.17, 15) is 33.3 Å². The first-order chi connectivity index (χ1) is 16.0. The molecule has 0 unspecified atom stereocenters. The van der Waals surface area contributed by atoms with Crippen molar-refractivity contribution >= 4 is 17.7 Å². The molecule has 2 heterocycles. The highest BCUT2D eigenvalue weighted by atomic mass is 32.2. The first-order valence-corrected chi connectivity index (χ1v) is 11.5. The van der Waals surface area contributed by atoms with E-state index in [2.05, 4.69) is 5.10 Å². The molecule has 5 atom stereocenters. The van der Waals surface area contributed by atoms with Crippen LogP contribution in [0.1, 0.15) is 30.2 Å². The Morgan fingerprint density at radius 2 is 1.94 bits per heavy atom. The van der Waals surface area contributed by atoms with Gasteiger partial charge in [-0.2, -0.15) is 13.2 Å². The number of hydrogen-bond acceptors (Lipinski definition) is 8. The number of hydrogen-bond donors (Lipinski definition) is 5. The summed E-state index contributed by atoms with van der Waals surface area (Å²) >= 11 is 1.64. The lowest BCUT2D eigenvalue weighted by molar-refractivity contribution is -0.271. The molecule has 34 heavy (non-hydrogen) atoms. The Kier molecular flexibility index (Phi) is 8.47. The topological polar surface area (TPSA) is 145 Å². The lowest BCUT2D eigenvalue weighted by atomic mass is 9.99. The van der Waals surface area contributed by atoms with Gasteiger partial charge in [-0.1, -0.05) is 19.1 Å². The predicted octanol–water partition coefficient (Wildman–Crippen LogP) is 1.99. The number of aliphatic hydroxyl groups is 3. The van der Waals surface area contributed by atoms with Gasteiger partial charge in [0.25, 0.3) is 0 Å². The molecule has 0 radical (unpaired) electrons. The first-order valence-electron chi connectivity index (χ1n) is 10.5. The number of thioether (sulfide) groups is 1. The summed E-state index contributed by atoms with van der Waals surface area (Å²) in [6.45, 7) is 2.04. The highest BCUT2D eigenvalue weighted by Gasteiger charge is 2.49. The Bertz CT molecular complexity index is 988. The molecular weight excluding hydrogens is 481 g/mol. The summed E-state index contributed by atoms with van der Waals surface area (Å²) in [6.07, 6.45) is -13.4. The number of benzene rings is 1. The molecule has 9 nitrogen and oxygen atoms in total. The van der Waals surface area contributed by atoms with Crippen LogP contribution >= 0.6 is 11.8 Å². The van der Waals surface area contributed by atoms with Crippen molar-refractivity contribution in [3.05, 3.63) is 41.1 Å². The normalized spacial score (nSPS) is 25.3. The third kappa shape index (κ3) is 6.02. The monoisotopic (exact) mass is 506 g/mol. The summed E-state index contributed by atoms with van der Waals surface area (Å²) < 4.78 is 51.0. The lowest BCUT2D eigenvalue weighted by Crippen LogP contribution is -2.61. The zero-order valence-electron chi connectivity index (χ0n) is 18.0. The summed E-state index contributed by atoms with van der Waals surface area (Å²) in [4.78, 5) is 12.3. The van der Waals surface area contributed by atoms with Crippen LogP contribution in [-0.2, 0) is 28.5 Å². The number of aromatic nitrogens is 2. The Morgan fingerprint density at radius 1 is 1.21 bits per heavy atom. The van der Waals surface area contributed by atoms with Gasteiger partial charge in [0.05, 0.1) is 0 Å². The maximum atomic E-state index is 13.6. The molecule has 0 saturated carbocycles. The average Bonchev–Trinajstić information content (AvgIpc) is 3.19. The van der Waals surface area contributed by atoms with Crippen LogP contribution in [0.15, 0.2) is 29.2 Å². The zero-order valence-corrected chi connectivity index (χ0v) is 18.8. The number of aryl methyl sites for hydroxylation is 1. The number of carboxylic acid groups (broad SMARTS) is 1. The minimum Gasteiger partial charge on any atom is -0.479 e. The Balaban J connectivity index is 1.83. The second-order valence-corrected chi connectivity index (χ2v) is 8.90. The zero-order chi connectivity index (χ0) is 25.0. The van der Waals surface area contributed by atoms with E-state index in [1.165, 1.54) is 0 Å². The molecule has 1 aromatic carbocycles. The molecule has 1 fully saturated rings. The summed E-state index contributed by atoms with van der Waals surface area (Å²) in [5.41, 5.74) is -0.707. The Labute approximate surface area is 196 Å². The fourth-order valence-corrected chi connectivity index (χ4v) is 4.30. The van der Waals surface area contributed by atoms with Crippen molar-refractivity contribution in [3.63, 3.8) is 0 Å². The van der Waals surface area contributed by atoms with E-state index in [4.69, 9.17) is 14.6 Å². The Morgan fingerprint density at radius 3 is 2.59 bits per heavy atom. The fraction of sp³-hybridized carbons (Fsp3) is 0.524. The number of H-pyrrole nitrogens is 1. The van der Waals surface area contributed by atoms with Crippen molar-refractivity contribution in [1.82, 2.24) is 10.2 Å². The molecule has 2 aromatic rings. The SMILES string of the molecule is CCCSc1cccc(CCc2c(O[C@@H]3O[C@H](C(=O)O)[C@@H](O)[C@H](O)[C@H]3O)n[nH]c2C(F)(F)F)c1. The lowest BCUT2D eigenvalue weighted by Gasteiger charge is -2.38. The Hall–Kier alpha value is -2.32. The van der Waals surface area contributed by atoms with Crippen LogP contribution in [0.4, 0.5) is 13.2 Å². The van der Waals surface area contributed by atoms with E-state index in [0.29, 0.717) is 0 Å². The van der Waals surface area contributed by atoms with Gasteiger partial charge in [-0.05, 0) is 42.7 Å². The van der Waals surface area contributed by atoms with E-state index in [1.54, 1.807) is 17.8 Å². The molecule has 13 heteroatoms. The molecule has 1 saturated heterocycles. The van der Waals surface area contributed by atoms with E-state index >= 15 is 0 Å². The summed E-state index contributed by atoms with van der Waals surface area (Å²) in [5.74, 6) is -1.30. The van der Waals surface area contributed by atoms with Crippen LogP contribution < -0.4 is 4.74 Å². The van der Waals surface area contributed by atoms with Crippen molar-refractivity contribution in [1.29, 1.82) is 0 Å². The second kappa shape index (κ2) is 11.0. The molecule has 3 rings (SSSR count). The van der Waals surface area contributed by atoms with Crippen molar-refractivity contribution in [3.8, 4) is 5.88 Å². The quantitative estimate of drug-likeness (QED) is 0.322. The number of aliphatic carboxylic acids is 1. The summed E-state index contributed by atoms with van der Waals surface area (Å²) in [7, 11) is 0. The third-order valence-corrected chi connectivity index (χ3v) is 6.39. The number of nitrogens with zero attached hydrogens (tertiary/aromatic N) is 1. The summed E-state index contributed by atoms with van der Waals surface area (Å²) in [6, 6.07) is 7.40. The van der Waals surface area contributed by atoms with Crippen molar-refractivity contribution < 1.29 is 47.9 Å². The number of ether oxygens (including phenoxy) is 2. The number of rotatable bonds is 9. The van der Waals surface area contributed by atoms with Crippen LogP contribution in [-0.4, -0.2) is 73.1 Å². The maximum Gasteiger partial charge on any atom is 0.433 e. The van der Waals surface area contributed by atoms with Crippen LogP contribution in [0.2, 0.25) is 0 Å². The number of halogens is 3. The maximum absolute atomic E-state index is 13.6. The average molecular weight is 506 g/mol. The number of aliphatic hydroxyl groups excluding tert-OH is 3. The second-order valence-electron chi connectivity index (χ2n) is 7.73. The third-order valence-electron chi connectivity index (χ3n) is 5.19. The van der Waals surface area contributed by atoms with Gasteiger partial charge < -0.3 is 29.9 Å². The van der Waals surface area contributed by atoms with Crippen LogP contribution in [0.5, 0.6) is 5.88 Å². The molecule has 1 aromatic heterocycles. The summed E-state index contributed by atoms with van der Waals surface area (Å²) in [5, 5.41) is 44.4. The number of carbonyl (C=O) groups is 1. The molecule has 0 aliphatic carbocycles. The van der Waals surface area contributed by atoms with Gasteiger partial charge in [0.2, 0.25) is 12.2 Å². The van der Waals surface area contributed by atoms with Crippen LogP contribution in [0.25, 0.3) is 0 Å². The van der Waals surface area contributed by atoms with Crippen LogP contribution in [0, 0.1) is 0 Å². The molecule has 0 spiro atoms. The molecule has 0 bridgehead atoms. The van der Waals surface area contributed by atoms with E-state index in [-0.39, 0.29) is 18.4 Å². The highest BCUT2D eigenvalue weighted by molar-refractivity contribution is 7.99. The van der Waals surface area contributed by atoms with Crippen molar-refractivity contribution in [2.75, 3.05) is 5.75 Å². The van der Waals surface area contributed by atoms with Gasteiger partial charge in [0, 0.05) is 10.5 Å². The van der Waals surface area contributed by atoms with Crippen LogP contribution in [0.3, 0.4) is 0 Å². The molecule has 188 valence electrons. The minimum absolute atomic E-state index is 0.140. The first kappa shape index (κ1) is 26.3. The number of aromatic amines is 1. The number of alkyl halides is 3. The van der Waals surface area contributed by atoms with E-state index in [0.717, 1.165) is 22.6 Å². The van der Waals surface area contributed by atoms with E-state index < -0.39 is 54.4 Å². The fourth-order valence-electron chi connectivity index (χ4n) is 3.45. The van der Waals surface area contributed by atoms with Crippen molar-refractivity contribution in [2.45, 2.75) is 68.0 Å². The number of carboxylic acids is 1. The van der Waals surface area contributed by atoms with Crippen molar-refractivity contribution in [2.24, 2.45) is 0 Å².